The summed E-state index contributed by atoms with van der Waals surface area (Å²) in [4.78, 5) is 10.1. The highest BCUT2D eigenvalue weighted by Gasteiger charge is 2.43. The number of guanidine groups is 1. The molecule has 27 heavy (non-hydrogen) atoms. The lowest BCUT2D eigenvalue weighted by Gasteiger charge is -2.18. The number of hydrogen-bond donors (Lipinski definition) is 2. The average molecular weight is 388 g/mol. The maximum absolute atomic E-state index is 5.28. The molecule has 2 aromatic rings. The van der Waals surface area contributed by atoms with Gasteiger partial charge in [-0.1, -0.05) is 37.2 Å². The SMILES string of the molecule is CN=C(NCCCc1nc(C(C)C)no1)NCC1(Sc2ccccc2)CC1. The molecule has 0 aliphatic heterocycles. The van der Waals surface area contributed by atoms with E-state index >= 15 is 0 Å². The van der Waals surface area contributed by atoms with Gasteiger partial charge in [-0.2, -0.15) is 4.98 Å². The fourth-order valence-electron chi connectivity index (χ4n) is 2.71. The topological polar surface area (TPSA) is 75.3 Å². The lowest BCUT2D eigenvalue weighted by Crippen LogP contribution is -2.41. The van der Waals surface area contributed by atoms with Crippen LogP contribution in [0.1, 0.15) is 50.7 Å². The third kappa shape index (κ3) is 5.99. The molecule has 1 fully saturated rings. The first-order valence-corrected chi connectivity index (χ1v) is 10.4. The number of aromatic nitrogens is 2. The van der Waals surface area contributed by atoms with Crippen molar-refractivity contribution in [3.63, 3.8) is 0 Å². The average Bonchev–Trinajstić information content (AvgIpc) is 3.26. The van der Waals surface area contributed by atoms with Gasteiger partial charge in [0.25, 0.3) is 0 Å². The van der Waals surface area contributed by atoms with E-state index in [9.17, 15) is 0 Å². The lowest BCUT2D eigenvalue weighted by atomic mass is 10.2. The molecule has 6 nitrogen and oxygen atoms in total. The van der Waals surface area contributed by atoms with E-state index in [-0.39, 0.29) is 0 Å². The minimum Gasteiger partial charge on any atom is -0.356 e. The van der Waals surface area contributed by atoms with Gasteiger partial charge >= 0.3 is 0 Å². The van der Waals surface area contributed by atoms with Crippen LogP contribution in [0.3, 0.4) is 0 Å². The first kappa shape index (κ1) is 19.7. The molecular weight excluding hydrogens is 358 g/mol. The quantitative estimate of drug-likeness (QED) is 0.389. The summed E-state index contributed by atoms with van der Waals surface area (Å²) in [6.07, 6.45) is 4.18. The van der Waals surface area contributed by atoms with Gasteiger partial charge < -0.3 is 15.2 Å². The Kier molecular flexibility index (Phi) is 6.77. The molecule has 0 radical (unpaired) electrons. The molecule has 0 saturated heterocycles. The second kappa shape index (κ2) is 9.26. The van der Waals surface area contributed by atoms with Crippen molar-refractivity contribution in [2.45, 2.75) is 55.1 Å². The molecule has 0 bridgehead atoms. The number of rotatable bonds is 9. The molecule has 146 valence electrons. The van der Waals surface area contributed by atoms with Gasteiger partial charge in [0.2, 0.25) is 5.89 Å². The van der Waals surface area contributed by atoms with Crippen LogP contribution in [0.15, 0.2) is 44.7 Å². The van der Waals surface area contributed by atoms with Gasteiger partial charge in [0, 0.05) is 42.1 Å². The van der Waals surface area contributed by atoms with Crippen LogP contribution >= 0.6 is 11.8 Å². The molecule has 0 atom stereocenters. The van der Waals surface area contributed by atoms with Crippen LogP contribution in [0.4, 0.5) is 0 Å². The Morgan fingerprint density at radius 3 is 2.67 bits per heavy atom. The Bertz CT molecular complexity index is 740. The molecule has 1 saturated carbocycles. The van der Waals surface area contributed by atoms with Crippen molar-refractivity contribution in [2.75, 3.05) is 20.1 Å². The molecule has 1 aromatic heterocycles. The first-order valence-electron chi connectivity index (χ1n) is 9.61. The second-order valence-corrected chi connectivity index (χ2v) is 8.80. The molecule has 1 aromatic carbocycles. The van der Waals surface area contributed by atoms with Gasteiger partial charge in [-0.25, -0.2) is 0 Å². The van der Waals surface area contributed by atoms with Crippen LogP contribution in [0.2, 0.25) is 0 Å². The zero-order valence-corrected chi connectivity index (χ0v) is 17.2. The highest BCUT2D eigenvalue weighted by Crippen LogP contribution is 2.51. The maximum Gasteiger partial charge on any atom is 0.226 e. The predicted molar refractivity (Wildman–Crippen MR) is 110 cm³/mol. The third-order valence-electron chi connectivity index (χ3n) is 4.55. The smallest absolute Gasteiger partial charge is 0.226 e. The predicted octanol–water partition coefficient (Wildman–Crippen LogP) is 3.62. The van der Waals surface area contributed by atoms with Crippen LogP contribution in [-0.2, 0) is 6.42 Å². The zero-order valence-electron chi connectivity index (χ0n) is 16.4. The number of aliphatic imine (C=N–C) groups is 1. The summed E-state index contributed by atoms with van der Waals surface area (Å²) in [5, 5.41) is 10.8. The Morgan fingerprint density at radius 1 is 1.26 bits per heavy atom. The molecule has 0 amide bonds. The molecule has 1 heterocycles. The summed E-state index contributed by atoms with van der Waals surface area (Å²) in [5.41, 5.74) is 0. The first-order chi connectivity index (χ1) is 13.1. The molecule has 1 aliphatic carbocycles. The number of aryl methyl sites for hydroxylation is 1. The highest BCUT2D eigenvalue weighted by atomic mass is 32.2. The van der Waals surface area contributed by atoms with Gasteiger partial charge in [0.1, 0.15) is 0 Å². The second-order valence-electron chi connectivity index (χ2n) is 7.26. The van der Waals surface area contributed by atoms with Crippen LogP contribution < -0.4 is 10.6 Å². The summed E-state index contributed by atoms with van der Waals surface area (Å²) in [6.45, 7) is 5.87. The van der Waals surface area contributed by atoms with Crippen LogP contribution in [0.25, 0.3) is 0 Å². The van der Waals surface area contributed by atoms with E-state index in [1.807, 2.05) is 18.8 Å². The maximum atomic E-state index is 5.28. The van der Waals surface area contributed by atoms with Gasteiger partial charge in [0.05, 0.1) is 0 Å². The van der Waals surface area contributed by atoms with E-state index in [1.54, 1.807) is 0 Å². The summed E-state index contributed by atoms with van der Waals surface area (Å²) >= 11 is 1.97. The molecule has 7 heteroatoms. The number of nitrogens with one attached hydrogen (secondary N) is 2. The number of benzene rings is 1. The normalized spacial score (nSPS) is 15.8. The fourth-order valence-corrected chi connectivity index (χ4v) is 3.95. The van der Waals surface area contributed by atoms with Crippen molar-refractivity contribution in [3.8, 4) is 0 Å². The number of hydrogen-bond acceptors (Lipinski definition) is 5. The van der Waals surface area contributed by atoms with Gasteiger partial charge in [-0.15, -0.1) is 11.8 Å². The van der Waals surface area contributed by atoms with Gasteiger partial charge in [-0.3, -0.25) is 4.99 Å². The molecule has 0 spiro atoms. The summed E-state index contributed by atoms with van der Waals surface area (Å²) in [7, 11) is 1.81. The van der Waals surface area contributed by atoms with E-state index < -0.39 is 0 Å². The van der Waals surface area contributed by atoms with E-state index in [4.69, 9.17) is 4.52 Å². The Labute approximate surface area is 165 Å². The van der Waals surface area contributed by atoms with Crippen LogP contribution in [0.5, 0.6) is 0 Å². The molecular formula is C20H29N5OS. The minimum atomic E-state index is 0.298. The molecule has 3 rings (SSSR count). The van der Waals surface area contributed by atoms with E-state index in [0.717, 1.165) is 37.7 Å². The molecule has 0 unspecified atom stereocenters. The van der Waals surface area contributed by atoms with Crippen molar-refractivity contribution in [1.82, 2.24) is 20.8 Å². The van der Waals surface area contributed by atoms with Crippen LogP contribution in [0, 0.1) is 0 Å². The lowest BCUT2D eigenvalue weighted by molar-refractivity contribution is 0.368. The van der Waals surface area contributed by atoms with Crippen LogP contribution in [-0.4, -0.2) is 41.0 Å². The summed E-state index contributed by atoms with van der Waals surface area (Å²) in [5.74, 6) is 2.64. The monoisotopic (exact) mass is 387 g/mol. The highest BCUT2D eigenvalue weighted by molar-refractivity contribution is 8.01. The van der Waals surface area contributed by atoms with E-state index in [1.165, 1.54) is 17.7 Å². The van der Waals surface area contributed by atoms with Crippen molar-refractivity contribution in [1.29, 1.82) is 0 Å². The number of thioether (sulfide) groups is 1. The van der Waals surface area contributed by atoms with E-state index in [2.05, 4.69) is 69.9 Å². The minimum absolute atomic E-state index is 0.298. The van der Waals surface area contributed by atoms with Crippen molar-refractivity contribution < 1.29 is 4.52 Å². The standard InChI is InChI=1S/C20H29N5OS/c1-15(2)18-24-17(26-25-18)10-7-13-22-19(21-3)23-14-20(11-12-20)27-16-8-5-4-6-9-16/h4-6,8-9,15H,7,10-14H2,1-3H3,(H2,21,22,23). The summed E-state index contributed by atoms with van der Waals surface area (Å²) < 4.78 is 5.58. The zero-order chi connectivity index (χ0) is 19.1. The molecule has 2 N–H and O–H groups in total. The van der Waals surface area contributed by atoms with E-state index in [0.29, 0.717) is 16.6 Å². The van der Waals surface area contributed by atoms with Crippen molar-refractivity contribution in [3.05, 3.63) is 42.0 Å². The summed E-state index contributed by atoms with van der Waals surface area (Å²) in [6, 6.07) is 10.6. The van der Waals surface area contributed by atoms with Gasteiger partial charge in [0.15, 0.2) is 11.8 Å². The number of nitrogens with zero attached hydrogens (tertiary/aromatic N) is 3. The largest absolute Gasteiger partial charge is 0.356 e. The van der Waals surface area contributed by atoms with Crippen molar-refractivity contribution >= 4 is 17.7 Å². The Balaban J connectivity index is 1.37. The molecule has 1 aliphatic rings. The third-order valence-corrected chi connectivity index (χ3v) is 6.04. The Morgan fingerprint density at radius 2 is 2.04 bits per heavy atom. The van der Waals surface area contributed by atoms with Crippen molar-refractivity contribution in [2.24, 2.45) is 4.99 Å². The Hall–Kier alpha value is -2.02. The van der Waals surface area contributed by atoms with Gasteiger partial charge in [-0.05, 0) is 31.4 Å². The fraction of sp³-hybridized carbons (Fsp3) is 0.550.